The monoisotopic (exact) mass is 405 g/mol. The van der Waals surface area contributed by atoms with E-state index in [4.69, 9.17) is 9.47 Å². The van der Waals surface area contributed by atoms with Crippen LogP contribution in [0.15, 0.2) is 23.3 Å². The Bertz CT molecular complexity index is 615. The second-order valence-electron chi connectivity index (χ2n) is 7.19. The van der Waals surface area contributed by atoms with Gasteiger partial charge in [-0.3, -0.25) is 9.79 Å². The Kier molecular flexibility index (Phi) is 11.1. The number of carbonyl (C=O) groups is 1. The van der Waals surface area contributed by atoms with Crippen LogP contribution >= 0.6 is 0 Å². The number of anilines is 1. The van der Waals surface area contributed by atoms with Crippen molar-refractivity contribution in [3.63, 3.8) is 0 Å². The Morgan fingerprint density at radius 1 is 1.31 bits per heavy atom. The van der Waals surface area contributed by atoms with Crippen LogP contribution in [0, 0.1) is 12.8 Å². The van der Waals surface area contributed by atoms with Crippen LogP contribution in [-0.2, 0) is 14.3 Å². The minimum atomic E-state index is -0.0776. The van der Waals surface area contributed by atoms with Gasteiger partial charge in [-0.05, 0) is 50.7 Å². The van der Waals surface area contributed by atoms with Gasteiger partial charge in [-0.15, -0.1) is 0 Å². The van der Waals surface area contributed by atoms with Crippen LogP contribution in [0.1, 0.15) is 38.2 Å². The molecule has 0 saturated carbocycles. The highest BCUT2D eigenvalue weighted by molar-refractivity contribution is 5.90. The highest BCUT2D eigenvalue weighted by atomic mass is 16.5. The Hall–Kier alpha value is -2.19. The highest BCUT2D eigenvalue weighted by Gasteiger charge is 2.13. The van der Waals surface area contributed by atoms with E-state index in [-0.39, 0.29) is 5.91 Å². The summed E-state index contributed by atoms with van der Waals surface area (Å²) in [6.45, 7) is 9.18. The molecule has 1 amide bonds. The maximum absolute atomic E-state index is 12.0. The molecule has 29 heavy (non-hydrogen) atoms. The van der Waals surface area contributed by atoms with E-state index in [9.17, 15) is 4.79 Å². The molecular formula is C21H35N5O3. The highest BCUT2D eigenvalue weighted by Crippen LogP contribution is 2.14. The lowest BCUT2D eigenvalue weighted by Crippen LogP contribution is -2.38. The summed E-state index contributed by atoms with van der Waals surface area (Å²) in [5, 5.41) is 9.18. The van der Waals surface area contributed by atoms with E-state index >= 15 is 0 Å². The molecule has 0 unspecified atom stereocenters. The van der Waals surface area contributed by atoms with Crippen molar-refractivity contribution in [3.8, 4) is 0 Å². The molecule has 0 aromatic carbocycles. The Labute approximate surface area is 173 Å². The summed E-state index contributed by atoms with van der Waals surface area (Å²) in [5.41, 5.74) is 1.06. The number of nitrogens with one attached hydrogen (secondary N) is 3. The third kappa shape index (κ3) is 10.2. The maximum atomic E-state index is 12.0. The van der Waals surface area contributed by atoms with E-state index in [1.807, 2.05) is 19.9 Å². The average Bonchev–Trinajstić information content (AvgIpc) is 2.73. The van der Waals surface area contributed by atoms with E-state index in [0.717, 1.165) is 57.2 Å². The summed E-state index contributed by atoms with van der Waals surface area (Å²) in [7, 11) is 0. The van der Waals surface area contributed by atoms with Gasteiger partial charge in [0.1, 0.15) is 5.82 Å². The predicted molar refractivity (Wildman–Crippen MR) is 115 cm³/mol. The number of hydrogen-bond donors (Lipinski definition) is 3. The first-order valence-electron chi connectivity index (χ1n) is 10.6. The minimum absolute atomic E-state index is 0.0776. The van der Waals surface area contributed by atoms with E-state index in [1.165, 1.54) is 0 Å². The molecule has 0 bridgehead atoms. The molecule has 8 heteroatoms. The summed E-state index contributed by atoms with van der Waals surface area (Å²) in [6, 6.07) is 3.72. The van der Waals surface area contributed by atoms with Crippen molar-refractivity contribution < 1.29 is 14.3 Å². The van der Waals surface area contributed by atoms with Crippen LogP contribution in [0.2, 0.25) is 0 Å². The van der Waals surface area contributed by atoms with Crippen molar-refractivity contribution in [2.24, 2.45) is 10.9 Å². The van der Waals surface area contributed by atoms with Crippen LogP contribution in [0.4, 0.5) is 5.82 Å². The fraction of sp³-hybridized carbons (Fsp3) is 0.667. The van der Waals surface area contributed by atoms with Crippen molar-refractivity contribution >= 4 is 17.7 Å². The van der Waals surface area contributed by atoms with E-state index in [0.29, 0.717) is 37.9 Å². The van der Waals surface area contributed by atoms with Crippen molar-refractivity contribution in [3.05, 3.63) is 23.9 Å². The zero-order chi connectivity index (χ0) is 20.7. The summed E-state index contributed by atoms with van der Waals surface area (Å²) in [5.74, 6) is 1.85. The molecule has 2 heterocycles. The molecule has 8 nitrogen and oxygen atoms in total. The van der Waals surface area contributed by atoms with Gasteiger partial charge < -0.3 is 25.4 Å². The smallest absolute Gasteiger partial charge is 0.227 e. The minimum Gasteiger partial charge on any atom is -0.381 e. The first kappa shape index (κ1) is 23.1. The van der Waals surface area contributed by atoms with Crippen molar-refractivity contribution in [2.75, 3.05) is 51.4 Å². The molecular weight excluding hydrogens is 370 g/mol. The van der Waals surface area contributed by atoms with Gasteiger partial charge >= 0.3 is 0 Å². The number of rotatable bonds is 11. The molecule has 3 N–H and O–H groups in total. The standard InChI is InChI=1S/C21H35N5O3/c1-3-22-21(23-10-4-12-29-16-18-8-13-28-14-9-18)24-11-7-20(27)26-19-6-5-17(2)15-25-19/h5-6,15,18H,3-4,7-14,16H2,1-2H3,(H2,22,23,24)(H,25,26,27). The molecule has 0 aliphatic carbocycles. The molecule has 0 radical (unpaired) electrons. The lowest BCUT2D eigenvalue weighted by molar-refractivity contribution is -0.116. The van der Waals surface area contributed by atoms with Gasteiger partial charge in [-0.2, -0.15) is 0 Å². The summed E-state index contributed by atoms with van der Waals surface area (Å²) < 4.78 is 11.1. The third-order valence-electron chi connectivity index (χ3n) is 4.58. The van der Waals surface area contributed by atoms with Crippen molar-refractivity contribution in [1.82, 2.24) is 15.6 Å². The van der Waals surface area contributed by atoms with Gasteiger partial charge in [-0.1, -0.05) is 6.07 Å². The number of pyridine rings is 1. The Morgan fingerprint density at radius 3 is 2.86 bits per heavy atom. The Morgan fingerprint density at radius 2 is 2.14 bits per heavy atom. The fourth-order valence-corrected chi connectivity index (χ4v) is 2.90. The van der Waals surface area contributed by atoms with Crippen molar-refractivity contribution in [1.29, 1.82) is 0 Å². The zero-order valence-electron chi connectivity index (χ0n) is 17.7. The predicted octanol–water partition coefficient (Wildman–Crippen LogP) is 2.11. The fourth-order valence-electron chi connectivity index (χ4n) is 2.90. The molecule has 0 atom stereocenters. The lowest BCUT2D eigenvalue weighted by Gasteiger charge is -2.21. The van der Waals surface area contributed by atoms with Crippen LogP contribution < -0.4 is 16.0 Å². The third-order valence-corrected chi connectivity index (χ3v) is 4.58. The number of amides is 1. The molecule has 1 aliphatic heterocycles. The molecule has 1 aromatic rings. The van der Waals surface area contributed by atoms with Crippen LogP contribution in [-0.4, -0.2) is 62.9 Å². The van der Waals surface area contributed by atoms with Crippen LogP contribution in [0.3, 0.4) is 0 Å². The van der Waals surface area contributed by atoms with Gasteiger partial charge in [0.2, 0.25) is 5.91 Å². The first-order chi connectivity index (χ1) is 14.2. The van der Waals surface area contributed by atoms with E-state index < -0.39 is 0 Å². The molecule has 1 saturated heterocycles. The number of aromatic nitrogens is 1. The molecule has 2 rings (SSSR count). The number of aryl methyl sites for hydroxylation is 1. The molecule has 1 aromatic heterocycles. The maximum Gasteiger partial charge on any atom is 0.227 e. The summed E-state index contributed by atoms with van der Waals surface area (Å²) in [4.78, 5) is 20.7. The Balaban J connectivity index is 1.58. The second-order valence-corrected chi connectivity index (χ2v) is 7.19. The second kappa shape index (κ2) is 13.9. The molecule has 1 fully saturated rings. The SMILES string of the molecule is CCNC(=NCCCOCC1CCOCC1)NCCC(=O)Nc1ccc(C)cn1. The van der Waals surface area contributed by atoms with Gasteiger partial charge in [0.15, 0.2) is 5.96 Å². The number of hydrogen-bond acceptors (Lipinski definition) is 5. The van der Waals surface area contributed by atoms with E-state index in [1.54, 1.807) is 12.3 Å². The van der Waals surface area contributed by atoms with Gasteiger partial charge in [-0.25, -0.2) is 4.98 Å². The summed E-state index contributed by atoms with van der Waals surface area (Å²) in [6.07, 6.45) is 5.14. The number of ether oxygens (including phenoxy) is 2. The number of carbonyl (C=O) groups excluding carboxylic acids is 1. The molecule has 1 aliphatic rings. The van der Waals surface area contributed by atoms with Gasteiger partial charge in [0.25, 0.3) is 0 Å². The van der Waals surface area contributed by atoms with Gasteiger partial charge in [0.05, 0.1) is 0 Å². The summed E-state index contributed by atoms with van der Waals surface area (Å²) >= 11 is 0. The van der Waals surface area contributed by atoms with Crippen LogP contribution in [0.5, 0.6) is 0 Å². The van der Waals surface area contributed by atoms with Gasteiger partial charge in [0, 0.05) is 58.7 Å². The quantitative estimate of drug-likeness (QED) is 0.296. The van der Waals surface area contributed by atoms with Crippen LogP contribution in [0.25, 0.3) is 0 Å². The molecule has 0 spiro atoms. The van der Waals surface area contributed by atoms with E-state index in [2.05, 4.69) is 25.9 Å². The topological polar surface area (TPSA) is 96.9 Å². The lowest BCUT2D eigenvalue weighted by atomic mass is 10.0. The zero-order valence-corrected chi connectivity index (χ0v) is 17.7. The number of aliphatic imine (C=N–C) groups is 1. The average molecular weight is 406 g/mol. The van der Waals surface area contributed by atoms with Crippen molar-refractivity contribution in [2.45, 2.75) is 39.5 Å². The number of guanidine groups is 1. The largest absolute Gasteiger partial charge is 0.381 e. The molecule has 162 valence electrons. The number of nitrogens with zero attached hydrogens (tertiary/aromatic N) is 2. The normalized spacial score (nSPS) is 15.2. The first-order valence-corrected chi connectivity index (χ1v) is 10.6.